The Morgan fingerprint density at radius 3 is 2.80 bits per heavy atom. The molecule has 4 nitrogen and oxygen atoms in total. The number of carbonyl (C=O) groups excluding carboxylic acids is 1. The molecule has 1 aromatic rings. The first kappa shape index (κ1) is 12.1. The van der Waals surface area contributed by atoms with E-state index in [0.29, 0.717) is 6.54 Å². The molecule has 1 unspecified atom stereocenters. The second-order valence-electron chi connectivity index (χ2n) is 3.70. The summed E-state index contributed by atoms with van der Waals surface area (Å²) in [6.45, 7) is 4.56. The predicted octanol–water partition coefficient (Wildman–Crippen LogP) is 1.02. The van der Waals surface area contributed by atoms with Gasteiger partial charge in [-0.1, -0.05) is 0 Å². The maximum absolute atomic E-state index is 11.5. The molecule has 0 aliphatic rings. The van der Waals surface area contributed by atoms with Crippen molar-refractivity contribution in [1.82, 2.24) is 15.2 Å². The molecule has 0 fully saturated rings. The predicted molar refractivity (Wildman–Crippen MR) is 61.8 cm³/mol. The summed E-state index contributed by atoms with van der Waals surface area (Å²) in [7, 11) is 3.52. The van der Waals surface area contributed by atoms with Crippen LogP contribution in [0.5, 0.6) is 0 Å². The van der Waals surface area contributed by atoms with Crippen LogP contribution in [-0.4, -0.2) is 35.9 Å². The summed E-state index contributed by atoms with van der Waals surface area (Å²) in [6, 6.07) is -0.151. The zero-order valence-corrected chi connectivity index (χ0v) is 10.4. The Bertz CT molecular complexity index is 335. The highest BCUT2D eigenvalue weighted by Gasteiger charge is 2.14. The lowest BCUT2D eigenvalue weighted by molar-refractivity contribution is -0.130. The van der Waals surface area contributed by atoms with Crippen molar-refractivity contribution < 1.29 is 4.79 Å². The Morgan fingerprint density at radius 1 is 1.67 bits per heavy atom. The number of amides is 1. The van der Waals surface area contributed by atoms with Gasteiger partial charge in [0.2, 0.25) is 5.91 Å². The molecular formula is C10H17N3OS. The second kappa shape index (κ2) is 5.23. The number of rotatable bonds is 4. The summed E-state index contributed by atoms with van der Waals surface area (Å²) < 4.78 is 0. The molecule has 15 heavy (non-hydrogen) atoms. The number of nitrogens with zero attached hydrogens (tertiary/aromatic N) is 2. The minimum absolute atomic E-state index is 0.0946. The summed E-state index contributed by atoms with van der Waals surface area (Å²) in [5.74, 6) is 0.0946. The average Bonchev–Trinajstić information content (AvgIpc) is 2.59. The van der Waals surface area contributed by atoms with E-state index in [2.05, 4.69) is 10.3 Å². The summed E-state index contributed by atoms with van der Waals surface area (Å²) >= 11 is 1.61. The van der Waals surface area contributed by atoms with Crippen molar-refractivity contribution in [2.45, 2.75) is 26.4 Å². The molecule has 0 radical (unpaired) electrons. The van der Waals surface area contributed by atoms with E-state index >= 15 is 0 Å². The molecule has 0 saturated heterocycles. The molecule has 0 aromatic carbocycles. The largest absolute Gasteiger partial charge is 0.347 e. The van der Waals surface area contributed by atoms with E-state index in [-0.39, 0.29) is 11.9 Å². The summed E-state index contributed by atoms with van der Waals surface area (Å²) in [5, 5.41) is 3.19. The van der Waals surface area contributed by atoms with E-state index in [0.717, 1.165) is 5.69 Å². The van der Waals surface area contributed by atoms with Crippen molar-refractivity contribution in [3.05, 3.63) is 16.1 Å². The first-order valence-electron chi connectivity index (χ1n) is 4.86. The number of carbonyl (C=O) groups is 1. The highest BCUT2D eigenvalue weighted by atomic mass is 32.1. The Morgan fingerprint density at radius 2 is 2.33 bits per heavy atom. The molecule has 1 aromatic heterocycles. The van der Waals surface area contributed by atoms with Crippen molar-refractivity contribution in [1.29, 1.82) is 0 Å². The molecule has 1 rings (SSSR count). The smallest absolute Gasteiger partial charge is 0.238 e. The van der Waals surface area contributed by atoms with Crippen LogP contribution in [-0.2, 0) is 11.3 Å². The molecule has 1 N–H and O–H groups in total. The van der Waals surface area contributed by atoms with E-state index in [1.54, 1.807) is 30.3 Å². The number of thiazole rings is 1. The number of hydrogen-bond acceptors (Lipinski definition) is 4. The van der Waals surface area contributed by atoms with Gasteiger partial charge in [-0.15, -0.1) is 11.3 Å². The molecule has 1 atom stereocenters. The molecule has 5 heteroatoms. The van der Waals surface area contributed by atoms with Crippen LogP contribution in [0.1, 0.15) is 17.5 Å². The van der Waals surface area contributed by atoms with Gasteiger partial charge < -0.3 is 10.2 Å². The number of nitrogens with one attached hydrogen (secondary N) is 1. The molecule has 0 bridgehead atoms. The average molecular weight is 227 g/mol. The third-order valence-corrected chi connectivity index (χ3v) is 3.16. The van der Waals surface area contributed by atoms with Crippen LogP contribution in [0, 0.1) is 6.92 Å². The normalized spacial score (nSPS) is 12.5. The maximum Gasteiger partial charge on any atom is 0.238 e. The minimum atomic E-state index is -0.151. The van der Waals surface area contributed by atoms with Crippen LogP contribution >= 0.6 is 11.3 Å². The second-order valence-corrected chi connectivity index (χ2v) is 4.64. The van der Waals surface area contributed by atoms with Crippen molar-refractivity contribution in [3.8, 4) is 0 Å². The van der Waals surface area contributed by atoms with Gasteiger partial charge in [0.15, 0.2) is 0 Å². The van der Waals surface area contributed by atoms with Crippen LogP contribution in [0.25, 0.3) is 0 Å². The van der Waals surface area contributed by atoms with Crippen LogP contribution in [0.4, 0.5) is 0 Å². The van der Waals surface area contributed by atoms with E-state index in [1.807, 2.05) is 19.4 Å². The first-order valence-corrected chi connectivity index (χ1v) is 5.74. The lowest BCUT2D eigenvalue weighted by Crippen LogP contribution is -2.41. The molecular weight excluding hydrogens is 210 g/mol. The lowest BCUT2D eigenvalue weighted by atomic mass is 10.3. The molecule has 84 valence electrons. The Hall–Kier alpha value is -0.940. The van der Waals surface area contributed by atoms with Crippen LogP contribution in [0.2, 0.25) is 0 Å². The molecule has 1 heterocycles. The van der Waals surface area contributed by atoms with Crippen LogP contribution in [0.15, 0.2) is 5.51 Å². The number of aromatic nitrogens is 1. The minimum Gasteiger partial charge on any atom is -0.347 e. The van der Waals surface area contributed by atoms with Gasteiger partial charge in [-0.25, -0.2) is 4.98 Å². The highest BCUT2D eigenvalue weighted by Crippen LogP contribution is 2.11. The van der Waals surface area contributed by atoms with Gasteiger partial charge in [-0.2, -0.15) is 0 Å². The third kappa shape index (κ3) is 3.28. The van der Waals surface area contributed by atoms with Crippen molar-refractivity contribution in [3.63, 3.8) is 0 Å². The summed E-state index contributed by atoms with van der Waals surface area (Å²) in [4.78, 5) is 18.5. The monoisotopic (exact) mass is 227 g/mol. The van der Waals surface area contributed by atoms with Crippen molar-refractivity contribution in [2.24, 2.45) is 0 Å². The topological polar surface area (TPSA) is 45.2 Å². The summed E-state index contributed by atoms with van der Waals surface area (Å²) in [6.07, 6.45) is 0. The van der Waals surface area contributed by atoms with Crippen LogP contribution < -0.4 is 5.32 Å². The zero-order chi connectivity index (χ0) is 11.4. The van der Waals surface area contributed by atoms with Gasteiger partial charge in [0.1, 0.15) is 0 Å². The first-order chi connectivity index (χ1) is 7.02. The highest BCUT2D eigenvalue weighted by molar-refractivity contribution is 7.09. The molecule has 0 spiro atoms. The van der Waals surface area contributed by atoms with E-state index < -0.39 is 0 Å². The van der Waals surface area contributed by atoms with Crippen LogP contribution in [0.3, 0.4) is 0 Å². The lowest BCUT2D eigenvalue weighted by Gasteiger charge is -2.17. The maximum atomic E-state index is 11.5. The molecule has 0 aliphatic heterocycles. The Labute approximate surface area is 94.3 Å². The number of likely N-dealkylation sites (N-methyl/N-ethyl adjacent to an activating group) is 1. The molecule has 0 aliphatic carbocycles. The SMILES string of the molecule is Cc1ncsc1CNC(C)C(=O)N(C)C. The van der Waals surface area contributed by atoms with E-state index in [4.69, 9.17) is 0 Å². The third-order valence-electron chi connectivity index (χ3n) is 2.22. The van der Waals surface area contributed by atoms with Gasteiger partial charge in [-0.05, 0) is 13.8 Å². The fraction of sp³-hybridized carbons (Fsp3) is 0.600. The van der Waals surface area contributed by atoms with Gasteiger partial charge in [0.25, 0.3) is 0 Å². The van der Waals surface area contributed by atoms with E-state index in [1.165, 1.54) is 4.88 Å². The van der Waals surface area contributed by atoms with Gasteiger partial charge in [0, 0.05) is 25.5 Å². The number of hydrogen-bond donors (Lipinski definition) is 1. The number of aryl methyl sites for hydroxylation is 1. The van der Waals surface area contributed by atoms with Gasteiger partial charge in [0.05, 0.1) is 17.2 Å². The molecule has 0 saturated carbocycles. The quantitative estimate of drug-likeness (QED) is 0.835. The Balaban J connectivity index is 2.44. The fourth-order valence-corrected chi connectivity index (χ4v) is 1.94. The van der Waals surface area contributed by atoms with Gasteiger partial charge >= 0.3 is 0 Å². The Kier molecular flexibility index (Phi) is 4.23. The summed E-state index contributed by atoms with van der Waals surface area (Å²) in [5.41, 5.74) is 2.86. The van der Waals surface area contributed by atoms with Crippen molar-refractivity contribution >= 4 is 17.2 Å². The zero-order valence-electron chi connectivity index (χ0n) is 9.57. The van der Waals surface area contributed by atoms with Crippen molar-refractivity contribution in [2.75, 3.05) is 14.1 Å². The molecule has 1 amide bonds. The fourth-order valence-electron chi connectivity index (χ4n) is 1.22. The standard InChI is InChI=1S/C10H17N3OS/c1-7-9(15-6-12-7)5-11-8(2)10(14)13(3)4/h6,8,11H,5H2,1-4H3. The van der Waals surface area contributed by atoms with E-state index in [9.17, 15) is 4.79 Å². The van der Waals surface area contributed by atoms with Gasteiger partial charge in [-0.3, -0.25) is 4.79 Å².